The lowest BCUT2D eigenvalue weighted by molar-refractivity contribution is -0.153. The summed E-state index contributed by atoms with van der Waals surface area (Å²) in [4.78, 5) is 4.26. The Morgan fingerprint density at radius 2 is 1.95 bits per heavy atom. The Labute approximate surface area is 138 Å². The van der Waals surface area contributed by atoms with Crippen LogP contribution < -0.4 is 15.4 Å². The SMILES string of the molecule is FC(F)(F)COc1ccc(CNC2=NCCCN2)cc1.I. The molecule has 1 aromatic carbocycles. The molecule has 2 N–H and O–H groups in total. The van der Waals surface area contributed by atoms with Gasteiger partial charge >= 0.3 is 6.18 Å². The van der Waals surface area contributed by atoms with Gasteiger partial charge in [0.15, 0.2) is 12.6 Å². The van der Waals surface area contributed by atoms with Crippen LogP contribution in [0.25, 0.3) is 0 Å². The van der Waals surface area contributed by atoms with E-state index < -0.39 is 12.8 Å². The number of hydrogen-bond donors (Lipinski definition) is 2. The molecule has 4 nitrogen and oxygen atoms in total. The molecular formula is C13H17F3IN3O. The summed E-state index contributed by atoms with van der Waals surface area (Å²) in [7, 11) is 0. The van der Waals surface area contributed by atoms with Gasteiger partial charge in [0.25, 0.3) is 0 Å². The molecule has 1 aromatic rings. The molecule has 0 aliphatic carbocycles. The lowest BCUT2D eigenvalue weighted by atomic mass is 10.2. The number of benzene rings is 1. The number of hydrogen-bond acceptors (Lipinski definition) is 4. The van der Waals surface area contributed by atoms with Gasteiger partial charge in [0.05, 0.1) is 0 Å². The maximum Gasteiger partial charge on any atom is 0.422 e. The van der Waals surface area contributed by atoms with Crippen LogP contribution in [0.2, 0.25) is 0 Å². The van der Waals surface area contributed by atoms with Crippen LogP contribution in [0.15, 0.2) is 29.3 Å². The topological polar surface area (TPSA) is 45.6 Å². The fourth-order valence-electron chi connectivity index (χ4n) is 1.71. The zero-order chi connectivity index (χ0) is 14.4. The van der Waals surface area contributed by atoms with Crippen molar-refractivity contribution in [3.63, 3.8) is 0 Å². The Bertz CT molecular complexity index is 463. The van der Waals surface area contributed by atoms with E-state index in [2.05, 4.69) is 20.4 Å². The van der Waals surface area contributed by atoms with Crippen molar-refractivity contribution in [3.05, 3.63) is 29.8 Å². The summed E-state index contributed by atoms with van der Waals surface area (Å²) >= 11 is 0. The molecule has 0 saturated carbocycles. The van der Waals surface area contributed by atoms with Crippen LogP contribution in [-0.4, -0.2) is 31.8 Å². The van der Waals surface area contributed by atoms with E-state index in [1.807, 2.05) is 0 Å². The number of nitrogens with one attached hydrogen (secondary N) is 2. The smallest absolute Gasteiger partial charge is 0.422 e. The molecule has 2 rings (SSSR count). The fraction of sp³-hybridized carbons (Fsp3) is 0.462. The number of alkyl halides is 3. The summed E-state index contributed by atoms with van der Waals surface area (Å²) in [6.07, 6.45) is -3.29. The number of halogens is 4. The lowest BCUT2D eigenvalue weighted by Crippen LogP contribution is -2.40. The largest absolute Gasteiger partial charge is 0.484 e. The van der Waals surface area contributed by atoms with Gasteiger partial charge in [0.1, 0.15) is 5.75 Å². The maximum atomic E-state index is 12.0. The van der Waals surface area contributed by atoms with E-state index in [1.54, 1.807) is 12.1 Å². The molecule has 0 bridgehead atoms. The van der Waals surface area contributed by atoms with E-state index in [0.717, 1.165) is 31.0 Å². The van der Waals surface area contributed by atoms with Gasteiger partial charge in [-0.15, -0.1) is 24.0 Å². The van der Waals surface area contributed by atoms with Crippen LogP contribution in [0, 0.1) is 0 Å². The highest BCUT2D eigenvalue weighted by atomic mass is 127. The third-order valence-corrected chi connectivity index (χ3v) is 2.68. The standard InChI is InChI=1S/C13H16F3N3O.HI/c14-13(15,16)9-20-11-4-2-10(3-5-11)8-19-12-17-6-1-7-18-12;/h2-5H,1,6-9H2,(H2,17,18,19);1H. The summed E-state index contributed by atoms with van der Waals surface area (Å²) in [5, 5.41) is 6.26. The molecule has 0 radical (unpaired) electrons. The monoisotopic (exact) mass is 415 g/mol. The van der Waals surface area contributed by atoms with Crippen molar-refractivity contribution in [2.75, 3.05) is 19.7 Å². The predicted octanol–water partition coefficient (Wildman–Crippen LogP) is 2.68. The molecule has 21 heavy (non-hydrogen) atoms. The summed E-state index contributed by atoms with van der Waals surface area (Å²) in [5.41, 5.74) is 0.944. The minimum atomic E-state index is -4.31. The first-order chi connectivity index (χ1) is 9.53. The third kappa shape index (κ3) is 6.87. The van der Waals surface area contributed by atoms with Gasteiger partial charge < -0.3 is 15.4 Å². The van der Waals surface area contributed by atoms with Crippen molar-refractivity contribution in [1.82, 2.24) is 10.6 Å². The number of guanidine groups is 1. The van der Waals surface area contributed by atoms with Crippen molar-refractivity contribution < 1.29 is 17.9 Å². The Balaban J connectivity index is 0.00000220. The van der Waals surface area contributed by atoms with Crippen molar-refractivity contribution >= 4 is 29.9 Å². The number of rotatable bonds is 4. The van der Waals surface area contributed by atoms with Crippen molar-refractivity contribution in [2.45, 2.75) is 19.1 Å². The quantitative estimate of drug-likeness (QED) is 0.744. The highest BCUT2D eigenvalue weighted by Gasteiger charge is 2.28. The first-order valence-corrected chi connectivity index (χ1v) is 6.34. The van der Waals surface area contributed by atoms with Crippen molar-refractivity contribution in [3.8, 4) is 5.75 Å². The van der Waals surface area contributed by atoms with Gasteiger partial charge in [0, 0.05) is 19.6 Å². The Morgan fingerprint density at radius 3 is 2.52 bits per heavy atom. The van der Waals surface area contributed by atoms with Crippen LogP contribution in [-0.2, 0) is 6.54 Å². The Hall–Kier alpha value is -1.19. The third-order valence-electron chi connectivity index (χ3n) is 2.68. The molecule has 0 fully saturated rings. The second-order valence-corrected chi connectivity index (χ2v) is 4.41. The first-order valence-electron chi connectivity index (χ1n) is 6.34. The van der Waals surface area contributed by atoms with Crippen LogP contribution in [0.3, 0.4) is 0 Å². The number of aliphatic imine (C=N–C) groups is 1. The summed E-state index contributed by atoms with van der Waals surface area (Å²) in [5.74, 6) is 0.966. The zero-order valence-electron chi connectivity index (χ0n) is 11.2. The molecule has 8 heteroatoms. The molecule has 0 spiro atoms. The van der Waals surface area contributed by atoms with Gasteiger partial charge in [-0.1, -0.05) is 12.1 Å². The number of nitrogens with zero attached hydrogens (tertiary/aromatic N) is 1. The van der Waals surface area contributed by atoms with E-state index in [0.29, 0.717) is 6.54 Å². The fourth-order valence-corrected chi connectivity index (χ4v) is 1.71. The van der Waals surface area contributed by atoms with Gasteiger partial charge in [-0.3, -0.25) is 4.99 Å². The van der Waals surface area contributed by atoms with Crippen LogP contribution in [0.5, 0.6) is 5.75 Å². The lowest BCUT2D eigenvalue weighted by Gasteiger charge is -2.16. The highest BCUT2D eigenvalue weighted by Crippen LogP contribution is 2.18. The average molecular weight is 415 g/mol. The molecule has 118 valence electrons. The molecule has 1 heterocycles. The summed E-state index contributed by atoms with van der Waals surface area (Å²) < 4.78 is 40.6. The van der Waals surface area contributed by atoms with Crippen LogP contribution in [0.1, 0.15) is 12.0 Å². The van der Waals surface area contributed by atoms with Crippen LogP contribution >= 0.6 is 24.0 Å². The molecule has 1 aliphatic rings. The van der Waals surface area contributed by atoms with Crippen LogP contribution in [0.4, 0.5) is 13.2 Å². The minimum absolute atomic E-state index is 0. The molecule has 0 aromatic heterocycles. The Kier molecular flexibility index (Phi) is 7.06. The minimum Gasteiger partial charge on any atom is -0.484 e. The molecule has 0 amide bonds. The summed E-state index contributed by atoms with van der Waals surface area (Å²) in [6, 6.07) is 6.50. The molecule has 0 saturated heterocycles. The normalized spacial score (nSPS) is 14.5. The number of ether oxygens (including phenoxy) is 1. The van der Waals surface area contributed by atoms with E-state index in [4.69, 9.17) is 0 Å². The van der Waals surface area contributed by atoms with E-state index in [-0.39, 0.29) is 29.7 Å². The first kappa shape index (κ1) is 17.9. The van der Waals surface area contributed by atoms with Gasteiger partial charge in [-0.25, -0.2) is 0 Å². The van der Waals surface area contributed by atoms with Gasteiger partial charge in [0.2, 0.25) is 0 Å². The van der Waals surface area contributed by atoms with E-state index >= 15 is 0 Å². The van der Waals surface area contributed by atoms with Gasteiger partial charge in [-0.2, -0.15) is 13.2 Å². The van der Waals surface area contributed by atoms with E-state index in [9.17, 15) is 13.2 Å². The highest BCUT2D eigenvalue weighted by molar-refractivity contribution is 14.0. The average Bonchev–Trinajstić information content (AvgIpc) is 2.44. The summed E-state index contributed by atoms with van der Waals surface area (Å²) in [6.45, 7) is 0.992. The second kappa shape index (κ2) is 8.30. The molecular weight excluding hydrogens is 398 g/mol. The predicted molar refractivity (Wildman–Crippen MR) is 85.2 cm³/mol. The van der Waals surface area contributed by atoms with Gasteiger partial charge in [-0.05, 0) is 24.1 Å². The second-order valence-electron chi connectivity index (χ2n) is 4.41. The van der Waals surface area contributed by atoms with Crippen molar-refractivity contribution in [2.24, 2.45) is 4.99 Å². The van der Waals surface area contributed by atoms with E-state index in [1.165, 1.54) is 12.1 Å². The maximum absolute atomic E-state index is 12.0. The molecule has 0 unspecified atom stereocenters. The Morgan fingerprint density at radius 1 is 1.24 bits per heavy atom. The zero-order valence-corrected chi connectivity index (χ0v) is 13.6. The molecule has 1 aliphatic heterocycles. The molecule has 0 atom stereocenters. The van der Waals surface area contributed by atoms with Crippen molar-refractivity contribution in [1.29, 1.82) is 0 Å².